The first kappa shape index (κ1) is 9.31. The molecule has 0 amide bonds. The summed E-state index contributed by atoms with van der Waals surface area (Å²) >= 11 is 8.07. The van der Waals surface area contributed by atoms with Gasteiger partial charge in [0.1, 0.15) is 10.9 Å². The summed E-state index contributed by atoms with van der Waals surface area (Å²) in [6.07, 6.45) is 0. The van der Waals surface area contributed by atoms with E-state index >= 15 is 0 Å². The van der Waals surface area contributed by atoms with Gasteiger partial charge in [-0.05, 0) is 46.2 Å². The molecule has 13 heavy (non-hydrogen) atoms. The zero-order valence-corrected chi connectivity index (χ0v) is 10.3. The molecule has 0 aliphatic heterocycles. The molecule has 0 aliphatic rings. The van der Waals surface area contributed by atoms with Gasteiger partial charge in [0.25, 0.3) is 0 Å². The quantitative estimate of drug-likeness (QED) is 0.582. The van der Waals surface area contributed by atoms with Crippen LogP contribution in [-0.2, 0) is 0 Å². The van der Waals surface area contributed by atoms with Crippen LogP contribution in [0, 0.1) is 14.9 Å². The van der Waals surface area contributed by atoms with Gasteiger partial charge >= 0.3 is 0 Å². The number of halogens is 1. The molecule has 1 heterocycles. The lowest BCUT2D eigenvalue weighted by Crippen LogP contribution is -1.72. The van der Waals surface area contributed by atoms with Gasteiger partial charge in [-0.1, -0.05) is 0 Å². The standard InChI is InChI=1S/C9H4INS2/c10-7-2-5-1-6(4-11)13-9(5)3-8(7)12/h1-3,12H. The molecular formula is C9H4INS2. The van der Waals surface area contributed by atoms with E-state index in [0.29, 0.717) is 0 Å². The van der Waals surface area contributed by atoms with E-state index in [0.717, 1.165) is 23.4 Å². The maximum Gasteiger partial charge on any atom is 0.110 e. The summed E-state index contributed by atoms with van der Waals surface area (Å²) in [5.74, 6) is 0. The van der Waals surface area contributed by atoms with Crippen molar-refractivity contribution in [1.29, 1.82) is 5.26 Å². The Morgan fingerprint density at radius 1 is 1.38 bits per heavy atom. The predicted octanol–water partition coefficient (Wildman–Crippen LogP) is 3.67. The van der Waals surface area contributed by atoms with Gasteiger partial charge in [0.2, 0.25) is 0 Å². The van der Waals surface area contributed by atoms with Crippen molar-refractivity contribution in [2.24, 2.45) is 0 Å². The highest BCUT2D eigenvalue weighted by atomic mass is 127. The highest BCUT2D eigenvalue weighted by Gasteiger charge is 2.03. The SMILES string of the molecule is N#Cc1cc2cc(I)c(S)cc2s1. The average Bonchev–Trinajstić information content (AvgIpc) is 2.48. The summed E-state index contributed by atoms with van der Waals surface area (Å²) in [5, 5.41) is 9.85. The second-order valence-electron chi connectivity index (χ2n) is 2.56. The molecule has 1 aromatic carbocycles. The third kappa shape index (κ3) is 1.68. The lowest BCUT2D eigenvalue weighted by atomic mass is 10.2. The highest BCUT2D eigenvalue weighted by molar-refractivity contribution is 14.1. The average molecular weight is 317 g/mol. The Hall–Kier alpha value is -0.250. The van der Waals surface area contributed by atoms with Crippen LogP contribution in [0.2, 0.25) is 0 Å². The smallest absolute Gasteiger partial charge is 0.110 e. The number of fused-ring (bicyclic) bond motifs is 1. The number of thiol groups is 1. The maximum atomic E-state index is 8.72. The molecule has 4 heteroatoms. The number of benzene rings is 1. The molecule has 2 aromatic rings. The summed E-state index contributed by atoms with van der Waals surface area (Å²) in [5.41, 5.74) is 0. The number of nitrogens with zero attached hydrogens (tertiary/aromatic N) is 1. The molecule has 1 aromatic heterocycles. The van der Waals surface area contributed by atoms with E-state index in [1.807, 2.05) is 12.1 Å². The molecule has 0 bridgehead atoms. The van der Waals surface area contributed by atoms with Gasteiger partial charge in [0, 0.05) is 13.2 Å². The Morgan fingerprint density at radius 3 is 2.85 bits per heavy atom. The van der Waals surface area contributed by atoms with E-state index in [2.05, 4.69) is 47.4 Å². The topological polar surface area (TPSA) is 23.8 Å². The van der Waals surface area contributed by atoms with E-state index in [4.69, 9.17) is 5.26 Å². The molecule has 0 N–H and O–H groups in total. The van der Waals surface area contributed by atoms with Crippen LogP contribution in [0.25, 0.3) is 10.1 Å². The van der Waals surface area contributed by atoms with Gasteiger partial charge in [-0.2, -0.15) is 5.26 Å². The fourth-order valence-electron chi connectivity index (χ4n) is 1.10. The second kappa shape index (κ2) is 3.48. The van der Waals surface area contributed by atoms with E-state index in [1.165, 1.54) is 11.3 Å². The first-order valence-electron chi connectivity index (χ1n) is 3.53. The summed E-state index contributed by atoms with van der Waals surface area (Å²) in [6, 6.07) is 8.12. The molecular weight excluding hydrogens is 313 g/mol. The van der Waals surface area contributed by atoms with Crippen molar-refractivity contribution in [2.45, 2.75) is 4.90 Å². The zero-order valence-electron chi connectivity index (χ0n) is 6.41. The molecule has 0 atom stereocenters. The summed E-state index contributed by atoms with van der Waals surface area (Å²) in [7, 11) is 0. The molecule has 1 nitrogen and oxygen atoms in total. The van der Waals surface area contributed by atoms with Crippen molar-refractivity contribution in [3.63, 3.8) is 0 Å². The summed E-state index contributed by atoms with van der Waals surface area (Å²) in [6.45, 7) is 0. The summed E-state index contributed by atoms with van der Waals surface area (Å²) < 4.78 is 2.25. The van der Waals surface area contributed by atoms with Crippen LogP contribution in [0.4, 0.5) is 0 Å². The van der Waals surface area contributed by atoms with Crippen LogP contribution in [0.5, 0.6) is 0 Å². The Morgan fingerprint density at radius 2 is 2.15 bits per heavy atom. The van der Waals surface area contributed by atoms with Crippen LogP contribution in [-0.4, -0.2) is 0 Å². The number of rotatable bonds is 0. The van der Waals surface area contributed by atoms with Crippen LogP contribution in [0.3, 0.4) is 0 Å². The van der Waals surface area contributed by atoms with Crippen LogP contribution >= 0.6 is 46.6 Å². The van der Waals surface area contributed by atoms with Gasteiger partial charge < -0.3 is 0 Å². The Labute approximate surface area is 98.9 Å². The van der Waals surface area contributed by atoms with E-state index in [-0.39, 0.29) is 0 Å². The van der Waals surface area contributed by atoms with Crippen molar-refractivity contribution in [3.8, 4) is 6.07 Å². The van der Waals surface area contributed by atoms with E-state index in [9.17, 15) is 0 Å². The van der Waals surface area contributed by atoms with Crippen molar-refractivity contribution in [1.82, 2.24) is 0 Å². The number of hydrogen-bond donors (Lipinski definition) is 1. The molecule has 0 saturated carbocycles. The molecule has 0 saturated heterocycles. The van der Waals surface area contributed by atoms with Gasteiger partial charge in [-0.15, -0.1) is 24.0 Å². The van der Waals surface area contributed by atoms with E-state index in [1.54, 1.807) is 0 Å². The molecule has 0 fully saturated rings. The first-order valence-corrected chi connectivity index (χ1v) is 5.87. The maximum absolute atomic E-state index is 8.72. The predicted molar refractivity (Wildman–Crippen MR) is 66.5 cm³/mol. The van der Waals surface area contributed by atoms with Crippen LogP contribution < -0.4 is 0 Å². The van der Waals surface area contributed by atoms with Crippen molar-refractivity contribution < 1.29 is 0 Å². The molecule has 0 spiro atoms. The minimum Gasteiger partial charge on any atom is -0.192 e. The minimum atomic E-state index is 0.754. The second-order valence-corrected chi connectivity index (χ2v) is 5.29. The lowest BCUT2D eigenvalue weighted by molar-refractivity contribution is 1.47. The third-order valence-corrected chi connectivity index (χ3v) is 4.39. The third-order valence-electron chi connectivity index (χ3n) is 1.70. The Balaban J connectivity index is 2.79. The van der Waals surface area contributed by atoms with Gasteiger partial charge in [0.15, 0.2) is 0 Å². The highest BCUT2D eigenvalue weighted by Crippen LogP contribution is 2.30. The van der Waals surface area contributed by atoms with Gasteiger partial charge in [-0.25, -0.2) is 0 Å². The number of thiophene rings is 1. The zero-order chi connectivity index (χ0) is 9.42. The summed E-state index contributed by atoms with van der Waals surface area (Å²) in [4.78, 5) is 1.73. The number of hydrogen-bond acceptors (Lipinski definition) is 3. The van der Waals surface area contributed by atoms with Crippen molar-refractivity contribution in [2.75, 3.05) is 0 Å². The molecule has 0 radical (unpaired) electrons. The molecule has 2 rings (SSSR count). The first-order chi connectivity index (χ1) is 6.20. The Kier molecular flexibility index (Phi) is 2.49. The fourth-order valence-corrected chi connectivity index (χ4v) is 2.76. The largest absolute Gasteiger partial charge is 0.192 e. The minimum absolute atomic E-state index is 0.754. The Bertz CT molecular complexity index is 471. The van der Waals surface area contributed by atoms with Crippen LogP contribution in [0.15, 0.2) is 23.1 Å². The molecule has 0 aliphatic carbocycles. The molecule has 64 valence electrons. The van der Waals surface area contributed by atoms with Gasteiger partial charge in [0.05, 0.1) is 0 Å². The normalized spacial score (nSPS) is 10.2. The van der Waals surface area contributed by atoms with Crippen molar-refractivity contribution >= 4 is 56.6 Å². The van der Waals surface area contributed by atoms with Crippen molar-refractivity contribution in [3.05, 3.63) is 26.6 Å². The van der Waals surface area contributed by atoms with E-state index < -0.39 is 0 Å². The van der Waals surface area contributed by atoms with Gasteiger partial charge in [-0.3, -0.25) is 0 Å². The number of nitriles is 1. The monoisotopic (exact) mass is 317 g/mol. The lowest BCUT2D eigenvalue weighted by Gasteiger charge is -1.95. The molecule has 0 unspecified atom stereocenters. The van der Waals surface area contributed by atoms with Crippen LogP contribution in [0.1, 0.15) is 4.88 Å². The fraction of sp³-hybridized carbons (Fsp3) is 0.